The summed E-state index contributed by atoms with van der Waals surface area (Å²) in [6.07, 6.45) is 3.54. The van der Waals surface area contributed by atoms with Crippen molar-refractivity contribution in [1.29, 1.82) is 0 Å². The van der Waals surface area contributed by atoms with Crippen LogP contribution in [0.25, 0.3) is 33.7 Å². The Labute approximate surface area is 161 Å². The maximum atomic E-state index is 13.8. The van der Waals surface area contributed by atoms with E-state index in [1.807, 2.05) is 52.1 Å². The summed E-state index contributed by atoms with van der Waals surface area (Å²) in [5.41, 5.74) is 2.70. The van der Waals surface area contributed by atoms with Gasteiger partial charge in [0.1, 0.15) is 0 Å². The van der Waals surface area contributed by atoms with Crippen molar-refractivity contribution >= 4 is 16.9 Å². The minimum absolute atomic E-state index is 0.182. The van der Waals surface area contributed by atoms with Crippen molar-refractivity contribution in [3.8, 4) is 22.8 Å². The largest absolute Gasteiger partial charge is 0.403 e. The summed E-state index contributed by atoms with van der Waals surface area (Å²) in [6.45, 7) is 7.91. The average molecular weight is 380 g/mol. The molecule has 0 unspecified atom stereocenters. The summed E-state index contributed by atoms with van der Waals surface area (Å²) >= 11 is 0. The van der Waals surface area contributed by atoms with Crippen LogP contribution >= 0.6 is 0 Å². The maximum absolute atomic E-state index is 13.8. The highest BCUT2D eigenvalue weighted by molar-refractivity contribution is 5.96. The Balaban J connectivity index is 1.75. The van der Waals surface area contributed by atoms with E-state index in [9.17, 15) is 4.39 Å². The number of hydrogen-bond acceptors (Lipinski definition) is 6. The lowest BCUT2D eigenvalue weighted by atomic mass is 10.1. The molecule has 1 aromatic carbocycles. The van der Waals surface area contributed by atoms with E-state index in [0.29, 0.717) is 29.8 Å². The number of benzene rings is 1. The molecule has 0 aliphatic carbocycles. The third kappa shape index (κ3) is 3.45. The van der Waals surface area contributed by atoms with Gasteiger partial charge in [0.05, 0.1) is 11.9 Å². The Morgan fingerprint density at radius 2 is 2.04 bits per heavy atom. The molecule has 0 fully saturated rings. The molecule has 0 aliphatic heterocycles. The highest BCUT2D eigenvalue weighted by Gasteiger charge is 2.17. The first-order valence-corrected chi connectivity index (χ1v) is 9.09. The standard InChI is InChI=1S/C20H21FN6O/c1-5-15-14(21)10-23-17(24-15)13-9-22-16-7-6-11(8-12(13)16)18-26-27-19(28-18)25-20(2,3)4/h6-10,22H,5H2,1-4H3,(H,25,27). The van der Waals surface area contributed by atoms with E-state index >= 15 is 0 Å². The zero-order chi connectivity index (χ0) is 19.9. The molecule has 0 aliphatic rings. The number of halogens is 1. The van der Waals surface area contributed by atoms with Crippen LogP contribution in [0.5, 0.6) is 0 Å². The highest BCUT2D eigenvalue weighted by Crippen LogP contribution is 2.31. The van der Waals surface area contributed by atoms with Gasteiger partial charge in [0.2, 0.25) is 5.89 Å². The first kappa shape index (κ1) is 18.1. The van der Waals surface area contributed by atoms with Gasteiger partial charge in [-0.1, -0.05) is 12.0 Å². The Kier molecular flexibility index (Phi) is 4.33. The van der Waals surface area contributed by atoms with E-state index < -0.39 is 5.82 Å². The van der Waals surface area contributed by atoms with E-state index in [0.717, 1.165) is 22.0 Å². The Morgan fingerprint density at radius 1 is 1.21 bits per heavy atom. The van der Waals surface area contributed by atoms with Gasteiger partial charge in [-0.15, -0.1) is 5.10 Å². The first-order valence-electron chi connectivity index (χ1n) is 9.09. The van der Waals surface area contributed by atoms with Crippen molar-refractivity contribution in [2.45, 2.75) is 39.7 Å². The molecule has 28 heavy (non-hydrogen) atoms. The molecule has 0 spiro atoms. The SMILES string of the molecule is CCc1nc(-c2c[nH]c3ccc(-c4nnc(NC(C)(C)C)o4)cc23)ncc1F. The fourth-order valence-electron chi connectivity index (χ4n) is 2.93. The Morgan fingerprint density at radius 3 is 2.79 bits per heavy atom. The van der Waals surface area contributed by atoms with Gasteiger partial charge >= 0.3 is 6.01 Å². The average Bonchev–Trinajstić information content (AvgIpc) is 3.27. The zero-order valence-electron chi connectivity index (χ0n) is 16.2. The molecule has 4 aromatic rings. The molecule has 8 heteroatoms. The number of fused-ring (bicyclic) bond motifs is 1. The number of rotatable bonds is 4. The molecule has 7 nitrogen and oxygen atoms in total. The number of nitrogens with zero attached hydrogens (tertiary/aromatic N) is 4. The van der Waals surface area contributed by atoms with Crippen LogP contribution in [0.3, 0.4) is 0 Å². The molecule has 4 rings (SSSR count). The van der Waals surface area contributed by atoms with Gasteiger partial charge in [-0.3, -0.25) is 0 Å². The van der Waals surface area contributed by atoms with E-state index in [1.165, 1.54) is 6.20 Å². The summed E-state index contributed by atoms with van der Waals surface area (Å²) in [5, 5.41) is 12.2. The van der Waals surface area contributed by atoms with Gasteiger partial charge in [0.25, 0.3) is 0 Å². The molecule has 0 radical (unpaired) electrons. The molecule has 3 aromatic heterocycles. The molecule has 0 atom stereocenters. The maximum Gasteiger partial charge on any atom is 0.316 e. The quantitative estimate of drug-likeness (QED) is 0.538. The zero-order valence-corrected chi connectivity index (χ0v) is 16.2. The minimum atomic E-state index is -0.392. The van der Waals surface area contributed by atoms with Crippen molar-refractivity contribution in [2.75, 3.05) is 5.32 Å². The van der Waals surface area contributed by atoms with Crippen LogP contribution in [0.1, 0.15) is 33.4 Å². The van der Waals surface area contributed by atoms with Gasteiger partial charge in [-0.25, -0.2) is 14.4 Å². The molecule has 3 heterocycles. The second-order valence-electron chi connectivity index (χ2n) is 7.59. The monoisotopic (exact) mass is 380 g/mol. The van der Waals surface area contributed by atoms with Crippen molar-refractivity contribution in [3.63, 3.8) is 0 Å². The van der Waals surface area contributed by atoms with Crippen LogP contribution in [-0.2, 0) is 6.42 Å². The lowest BCUT2D eigenvalue weighted by Gasteiger charge is -2.17. The molecular weight excluding hydrogens is 359 g/mol. The molecule has 2 N–H and O–H groups in total. The molecule has 144 valence electrons. The highest BCUT2D eigenvalue weighted by atomic mass is 19.1. The van der Waals surface area contributed by atoms with Crippen molar-refractivity contribution in [1.82, 2.24) is 25.1 Å². The summed E-state index contributed by atoms with van der Waals surface area (Å²) in [5.74, 6) is 0.494. The van der Waals surface area contributed by atoms with Crippen molar-refractivity contribution in [3.05, 3.63) is 42.1 Å². The van der Waals surface area contributed by atoms with Crippen molar-refractivity contribution < 1.29 is 8.81 Å². The second kappa shape index (κ2) is 6.70. The van der Waals surface area contributed by atoms with Gasteiger partial charge in [0, 0.05) is 33.8 Å². The number of aryl methyl sites for hydroxylation is 1. The van der Waals surface area contributed by atoms with Gasteiger partial charge in [0.15, 0.2) is 11.6 Å². The third-order valence-corrected chi connectivity index (χ3v) is 4.23. The van der Waals surface area contributed by atoms with Gasteiger partial charge < -0.3 is 14.7 Å². The summed E-state index contributed by atoms with van der Waals surface area (Å²) < 4.78 is 19.5. The molecular formula is C20H21FN6O. The van der Waals surface area contributed by atoms with Crippen LogP contribution in [0.2, 0.25) is 0 Å². The predicted octanol–water partition coefficient (Wildman–Crippen LogP) is 4.59. The van der Waals surface area contributed by atoms with Crippen LogP contribution in [-0.4, -0.2) is 30.7 Å². The van der Waals surface area contributed by atoms with E-state index in [-0.39, 0.29) is 5.54 Å². The van der Waals surface area contributed by atoms with E-state index in [1.54, 1.807) is 0 Å². The van der Waals surface area contributed by atoms with Crippen molar-refractivity contribution in [2.24, 2.45) is 0 Å². The summed E-state index contributed by atoms with van der Waals surface area (Å²) in [6, 6.07) is 6.14. The lowest BCUT2D eigenvalue weighted by molar-refractivity contribution is 0.538. The summed E-state index contributed by atoms with van der Waals surface area (Å²) in [7, 11) is 0. The third-order valence-electron chi connectivity index (χ3n) is 4.23. The summed E-state index contributed by atoms with van der Waals surface area (Å²) in [4.78, 5) is 11.7. The fourth-order valence-corrected chi connectivity index (χ4v) is 2.93. The lowest BCUT2D eigenvalue weighted by Crippen LogP contribution is -2.26. The number of hydrogen-bond donors (Lipinski definition) is 2. The topological polar surface area (TPSA) is 92.5 Å². The fraction of sp³-hybridized carbons (Fsp3) is 0.300. The molecule has 0 saturated carbocycles. The first-order chi connectivity index (χ1) is 13.3. The van der Waals surface area contributed by atoms with E-state index in [2.05, 4.69) is 30.5 Å². The van der Waals surface area contributed by atoms with Crippen LogP contribution in [0.4, 0.5) is 10.4 Å². The number of nitrogens with one attached hydrogen (secondary N) is 2. The number of H-pyrrole nitrogens is 1. The number of anilines is 1. The van der Waals surface area contributed by atoms with Crippen LogP contribution in [0, 0.1) is 5.82 Å². The number of aromatic nitrogens is 5. The van der Waals surface area contributed by atoms with E-state index in [4.69, 9.17) is 4.42 Å². The molecule has 0 saturated heterocycles. The second-order valence-corrected chi connectivity index (χ2v) is 7.59. The van der Waals surface area contributed by atoms with Gasteiger partial charge in [-0.2, -0.15) is 0 Å². The molecule has 0 amide bonds. The smallest absolute Gasteiger partial charge is 0.316 e. The van der Waals surface area contributed by atoms with Crippen LogP contribution < -0.4 is 5.32 Å². The Bertz CT molecular complexity index is 1140. The normalized spacial score (nSPS) is 11.9. The minimum Gasteiger partial charge on any atom is -0.403 e. The van der Waals surface area contributed by atoms with Crippen LogP contribution in [0.15, 0.2) is 35.0 Å². The molecule has 0 bridgehead atoms. The van der Waals surface area contributed by atoms with Gasteiger partial charge in [-0.05, 0) is 45.4 Å². The Hall–Kier alpha value is -3.29. The number of aromatic amines is 1. The predicted molar refractivity (Wildman–Crippen MR) is 105 cm³/mol.